The molecule has 2 aromatic carbocycles. The summed E-state index contributed by atoms with van der Waals surface area (Å²) in [5, 5.41) is 7.55. The fourth-order valence-electron chi connectivity index (χ4n) is 5.29. The van der Waals surface area contributed by atoms with Crippen LogP contribution in [-0.2, 0) is 14.3 Å². The number of rotatable bonds is 7. The maximum Gasteiger partial charge on any atom is 0.264 e. The van der Waals surface area contributed by atoms with Gasteiger partial charge in [-0.25, -0.2) is 4.99 Å². The zero-order chi connectivity index (χ0) is 27.5. The number of aliphatic imine (C=N–C) groups is 1. The molecule has 0 spiro atoms. The highest BCUT2D eigenvalue weighted by Crippen LogP contribution is 2.38. The van der Waals surface area contributed by atoms with Crippen LogP contribution in [0.15, 0.2) is 47.5 Å². The number of carbonyl (C=O) groups is 2. The van der Waals surface area contributed by atoms with E-state index in [9.17, 15) is 9.59 Å². The maximum absolute atomic E-state index is 13.1. The number of hydrogen-bond acceptors (Lipinski definition) is 9. The van der Waals surface area contributed by atoms with Crippen LogP contribution in [0.4, 0.5) is 17.1 Å². The van der Waals surface area contributed by atoms with E-state index in [4.69, 9.17) is 14.5 Å². The van der Waals surface area contributed by atoms with Crippen LogP contribution in [0.25, 0.3) is 10.1 Å². The molecule has 2 amide bonds. The van der Waals surface area contributed by atoms with Crippen LogP contribution >= 0.6 is 11.3 Å². The normalized spacial score (nSPS) is 19.5. The van der Waals surface area contributed by atoms with Crippen LogP contribution in [-0.4, -0.2) is 100 Å². The number of benzene rings is 2. The first-order valence-corrected chi connectivity index (χ1v) is 14.5. The maximum atomic E-state index is 13.1. The number of nitrogens with one attached hydrogen (secondary N) is 2. The predicted octanol–water partition coefficient (Wildman–Crippen LogP) is 3.30. The molecule has 2 fully saturated rings. The van der Waals surface area contributed by atoms with Crippen molar-refractivity contribution in [3.63, 3.8) is 0 Å². The van der Waals surface area contributed by atoms with Gasteiger partial charge in [0.2, 0.25) is 5.91 Å². The molecule has 6 rings (SSSR count). The van der Waals surface area contributed by atoms with Crippen molar-refractivity contribution in [3.8, 4) is 0 Å². The molecule has 4 heterocycles. The molecule has 0 bridgehead atoms. The SMILES string of the molecule is CN1c2c(ccc3sc(C(=O)N4CCOCC4)cc23)C=NC1Nc1cccc(NC(=O)CCN2CCOCC2)c1. The van der Waals surface area contributed by atoms with Gasteiger partial charge in [0.25, 0.3) is 5.91 Å². The van der Waals surface area contributed by atoms with Gasteiger partial charge in [-0.2, -0.15) is 0 Å². The largest absolute Gasteiger partial charge is 0.379 e. The third-order valence-electron chi connectivity index (χ3n) is 7.49. The molecule has 11 heteroatoms. The Labute approximate surface area is 237 Å². The summed E-state index contributed by atoms with van der Waals surface area (Å²) < 4.78 is 11.9. The molecule has 1 atom stereocenters. The first-order valence-electron chi connectivity index (χ1n) is 13.7. The summed E-state index contributed by atoms with van der Waals surface area (Å²) in [5.74, 6) is 0.0523. The molecule has 0 saturated carbocycles. The lowest BCUT2D eigenvalue weighted by molar-refractivity contribution is -0.116. The summed E-state index contributed by atoms with van der Waals surface area (Å²) in [7, 11) is 2.00. The smallest absolute Gasteiger partial charge is 0.264 e. The van der Waals surface area contributed by atoms with E-state index in [0.717, 1.165) is 70.4 Å². The van der Waals surface area contributed by atoms with E-state index in [-0.39, 0.29) is 18.1 Å². The van der Waals surface area contributed by atoms with Crippen molar-refractivity contribution in [1.29, 1.82) is 0 Å². The van der Waals surface area contributed by atoms with Crippen LogP contribution in [0, 0.1) is 0 Å². The van der Waals surface area contributed by atoms with Crippen LogP contribution in [0.5, 0.6) is 0 Å². The lowest BCUT2D eigenvalue weighted by Gasteiger charge is -2.33. The second-order valence-electron chi connectivity index (χ2n) is 10.2. The number of ether oxygens (including phenoxy) is 2. The van der Waals surface area contributed by atoms with Crippen LogP contribution in [0.1, 0.15) is 21.7 Å². The Kier molecular flexibility index (Phi) is 7.96. The molecule has 2 saturated heterocycles. The Balaban J connectivity index is 1.14. The van der Waals surface area contributed by atoms with Crippen molar-refractivity contribution < 1.29 is 19.1 Å². The summed E-state index contributed by atoms with van der Waals surface area (Å²) in [6, 6.07) is 13.8. The fourth-order valence-corrected chi connectivity index (χ4v) is 6.32. The Morgan fingerprint density at radius 2 is 1.75 bits per heavy atom. The molecule has 3 aromatic rings. The van der Waals surface area contributed by atoms with E-state index in [0.29, 0.717) is 32.7 Å². The minimum absolute atomic E-state index is 0.00680. The van der Waals surface area contributed by atoms with Gasteiger partial charge in [-0.3, -0.25) is 14.5 Å². The van der Waals surface area contributed by atoms with Crippen molar-refractivity contribution in [1.82, 2.24) is 9.80 Å². The molecule has 3 aliphatic heterocycles. The molecule has 3 aliphatic rings. The zero-order valence-corrected chi connectivity index (χ0v) is 23.4. The number of thiophene rings is 1. The highest BCUT2D eigenvalue weighted by molar-refractivity contribution is 7.20. The molecule has 0 radical (unpaired) electrons. The number of amides is 2. The van der Waals surface area contributed by atoms with Gasteiger partial charge in [0, 0.05) is 79.4 Å². The first-order chi connectivity index (χ1) is 19.5. The van der Waals surface area contributed by atoms with Gasteiger partial charge in [0.15, 0.2) is 6.29 Å². The monoisotopic (exact) mass is 562 g/mol. The number of carbonyl (C=O) groups excluding carboxylic acids is 2. The van der Waals surface area contributed by atoms with Crippen LogP contribution < -0.4 is 15.5 Å². The third-order valence-corrected chi connectivity index (χ3v) is 8.58. The molecule has 2 N–H and O–H groups in total. The van der Waals surface area contributed by atoms with Crippen LogP contribution in [0.3, 0.4) is 0 Å². The predicted molar refractivity (Wildman–Crippen MR) is 159 cm³/mol. The number of anilines is 3. The van der Waals surface area contributed by atoms with Crippen molar-refractivity contribution in [2.45, 2.75) is 12.7 Å². The lowest BCUT2D eigenvalue weighted by Crippen LogP contribution is -2.40. The molecule has 1 aromatic heterocycles. The highest BCUT2D eigenvalue weighted by Gasteiger charge is 2.26. The summed E-state index contributed by atoms with van der Waals surface area (Å²) >= 11 is 1.53. The summed E-state index contributed by atoms with van der Waals surface area (Å²) in [6.07, 6.45) is 1.98. The van der Waals surface area contributed by atoms with Gasteiger partial charge in [-0.05, 0) is 36.4 Å². The van der Waals surface area contributed by atoms with Gasteiger partial charge in [-0.1, -0.05) is 6.07 Å². The van der Waals surface area contributed by atoms with E-state index in [1.54, 1.807) is 0 Å². The lowest BCUT2D eigenvalue weighted by atomic mass is 10.1. The van der Waals surface area contributed by atoms with Gasteiger partial charge >= 0.3 is 0 Å². The fraction of sp³-hybridized carbons (Fsp3) is 0.414. The summed E-state index contributed by atoms with van der Waals surface area (Å²) in [5.41, 5.74) is 3.64. The molecular weight excluding hydrogens is 528 g/mol. The Morgan fingerprint density at radius 1 is 1.00 bits per heavy atom. The second kappa shape index (κ2) is 11.9. The van der Waals surface area contributed by atoms with Crippen LogP contribution in [0.2, 0.25) is 0 Å². The van der Waals surface area contributed by atoms with E-state index in [1.165, 1.54) is 11.3 Å². The quantitative estimate of drug-likeness (QED) is 0.456. The molecular formula is C29H34N6O4S. The van der Waals surface area contributed by atoms with E-state index in [1.807, 2.05) is 48.5 Å². The topological polar surface area (TPSA) is 98.7 Å². The molecule has 10 nitrogen and oxygen atoms in total. The number of hydrogen-bond donors (Lipinski definition) is 2. The van der Waals surface area contributed by atoms with E-state index >= 15 is 0 Å². The van der Waals surface area contributed by atoms with Gasteiger partial charge in [0.1, 0.15) is 0 Å². The number of fused-ring (bicyclic) bond motifs is 3. The standard InChI is InChI=1S/C29H34N6O4S/c1-33-27-20(5-6-24-23(27)18-25(40-24)28(37)35-11-15-39-16-12-35)19-30-29(33)32-22-4-2-3-21(17-22)31-26(36)7-8-34-9-13-38-14-10-34/h2-6,17-19,29,32H,7-16H2,1H3,(H,31,36). The van der Waals surface area contributed by atoms with Crippen molar-refractivity contribution in [3.05, 3.63) is 52.9 Å². The van der Waals surface area contributed by atoms with Crippen molar-refractivity contribution >= 4 is 56.5 Å². The van der Waals surface area contributed by atoms with Crippen molar-refractivity contribution in [2.24, 2.45) is 4.99 Å². The number of nitrogens with zero attached hydrogens (tertiary/aromatic N) is 4. The summed E-state index contributed by atoms with van der Waals surface area (Å²) in [4.78, 5) is 37.4. The Hall–Kier alpha value is -3.51. The molecule has 1 unspecified atom stereocenters. The first kappa shape index (κ1) is 26.7. The van der Waals surface area contributed by atoms with E-state index < -0.39 is 0 Å². The minimum atomic E-state index is -0.344. The third kappa shape index (κ3) is 5.83. The highest BCUT2D eigenvalue weighted by atomic mass is 32.1. The van der Waals surface area contributed by atoms with Gasteiger partial charge in [0.05, 0.1) is 37.0 Å². The minimum Gasteiger partial charge on any atom is -0.379 e. The van der Waals surface area contributed by atoms with Gasteiger partial charge < -0.3 is 29.9 Å². The average Bonchev–Trinajstić information content (AvgIpc) is 3.43. The Morgan fingerprint density at radius 3 is 2.55 bits per heavy atom. The second-order valence-corrected chi connectivity index (χ2v) is 11.3. The molecule has 210 valence electrons. The summed E-state index contributed by atoms with van der Waals surface area (Å²) in [6.45, 7) is 6.32. The number of morpholine rings is 2. The zero-order valence-electron chi connectivity index (χ0n) is 22.6. The average molecular weight is 563 g/mol. The van der Waals surface area contributed by atoms with Gasteiger partial charge in [-0.15, -0.1) is 11.3 Å². The molecule has 40 heavy (non-hydrogen) atoms. The molecule has 0 aliphatic carbocycles. The van der Waals surface area contributed by atoms with Crippen molar-refractivity contribution in [2.75, 3.05) is 81.7 Å². The Bertz CT molecular complexity index is 1410. The van der Waals surface area contributed by atoms with E-state index in [2.05, 4.69) is 32.6 Å².